The average Bonchev–Trinajstić information content (AvgIpc) is 3.83. The Bertz CT molecular complexity index is 1260. The maximum Gasteiger partial charge on any atom is 0.239 e. The van der Waals surface area contributed by atoms with E-state index in [2.05, 4.69) is 60.3 Å². The van der Waals surface area contributed by atoms with Gasteiger partial charge in [-0.05, 0) is 87.2 Å². The third-order valence-corrected chi connectivity index (χ3v) is 8.51. The number of likely N-dealkylation sites (tertiary alicyclic amines) is 1. The van der Waals surface area contributed by atoms with Crippen molar-refractivity contribution in [3.05, 3.63) is 84.4 Å². The fraction of sp³-hybridized carbons (Fsp3) is 0.472. The van der Waals surface area contributed by atoms with E-state index in [1.807, 2.05) is 54.6 Å². The standard InChI is InChI=1S/C36H47N3O3/c1-27(2)20-23-41-35-25-32(42-31-12-8-5-9-13-31)16-17-33(35)39(22-18-28-10-6-4-7-11-28)26-36(40)37-30-19-21-38(3)34(24-30)29-14-15-29/h4-13,16-17,25,27,29-30,34H,14-15,18-24,26H2,1-3H3,(H,37,40). The number of nitrogens with zero attached hydrogens (tertiary/aromatic N) is 2. The van der Waals surface area contributed by atoms with Gasteiger partial charge in [-0.15, -0.1) is 0 Å². The van der Waals surface area contributed by atoms with Gasteiger partial charge in [0.15, 0.2) is 0 Å². The minimum absolute atomic E-state index is 0.0740. The highest BCUT2D eigenvalue weighted by atomic mass is 16.5. The number of carbonyl (C=O) groups is 1. The quantitative estimate of drug-likeness (QED) is 0.228. The van der Waals surface area contributed by atoms with Gasteiger partial charge in [-0.25, -0.2) is 0 Å². The zero-order valence-electron chi connectivity index (χ0n) is 25.5. The molecule has 5 rings (SSSR count). The molecule has 2 atom stereocenters. The van der Waals surface area contributed by atoms with Gasteiger partial charge in [-0.2, -0.15) is 0 Å². The summed E-state index contributed by atoms with van der Waals surface area (Å²) in [6, 6.07) is 27.1. The second-order valence-corrected chi connectivity index (χ2v) is 12.4. The van der Waals surface area contributed by atoms with Gasteiger partial charge >= 0.3 is 0 Å². The van der Waals surface area contributed by atoms with Gasteiger partial charge in [0.05, 0.1) is 18.8 Å². The molecule has 0 bridgehead atoms. The maximum atomic E-state index is 13.6. The number of nitrogens with one attached hydrogen (secondary N) is 1. The summed E-state index contributed by atoms with van der Waals surface area (Å²) >= 11 is 0. The Hall–Kier alpha value is -3.51. The first-order valence-electron chi connectivity index (χ1n) is 15.7. The van der Waals surface area contributed by atoms with E-state index in [1.165, 1.54) is 18.4 Å². The van der Waals surface area contributed by atoms with E-state index in [0.717, 1.165) is 61.1 Å². The van der Waals surface area contributed by atoms with Crippen LogP contribution in [0.25, 0.3) is 0 Å². The van der Waals surface area contributed by atoms with Crippen LogP contribution in [0.1, 0.15) is 51.5 Å². The summed E-state index contributed by atoms with van der Waals surface area (Å²) in [6.45, 7) is 7.04. The second-order valence-electron chi connectivity index (χ2n) is 12.4. The minimum Gasteiger partial charge on any atom is -0.491 e. The molecule has 6 nitrogen and oxygen atoms in total. The smallest absolute Gasteiger partial charge is 0.239 e. The molecular weight excluding hydrogens is 522 g/mol. The lowest BCUT2D eigenvalue weighted by Crippen LogP contribution is -2.51. The minimum atomic E-state index is 0.0740. The first-order valence-corrected chi connectivity index (χ1v) is 15.7. The van der Waals surface area contributed by atoms with Crippen LogP contribution >= 0.6 is 0 Å². The van der Waals surface area contributed by atoms with Crippen molar-refractivity contribution in [3.63, 3.8) is 0 Å². The van der Waals surface area contributed by atoms with Crippen LogP contribution < -0.4 is 19.7 Å². The first kappa shape index (κ1) is 30.0. The molecule has 1 aliphatic carbocycles. The van der Waals surface area contributed by atoms with Gasteiger partial charge in [0, 0.05) is 31.2 Å². The van der Waals surface area contributed by atoms with Crippen molar-refractivity contribution in [2.45, 2.75) is 64.5 Å². The maximum absolute atomic E-state index is 13.6. The first-order chi connectivity index (χ1) is 20.4. The Labute approximate surface area is 252 Å². The van der Waals surface area contributed by atoms with Crippen LogP contribution in [-0.4, -0.2) is 56.2 Å². The van der Waals surface area contributed by atoms with E-state index in [-0.39, 0.29) is 18.5 Å². The molecule has 224 valence electrons. The van der Waals surface area contributed by atoms with Crippen molar-refractivity contribution in [1.82, 2.24) is 10.2 Å². The van der Waals surface area contributed by atoms with Gasteiger partial charge < -0.3 is 24.6 Å². The van der Waals surface area contributed by atoms with Crippen molar-refractivity contribution < 1.29 is 14.3 Å². The van der Waals surface area contributed by atoms with Crippen molar-refractivity contribution in [2.75, 3.05) is 38.2 Å². The molecule has 0 aromatic heterocycles. The highest BCUT2D eigenvalue weighted by Crippen LogP contribution is 2.39. The largest absolute Gasteiger partial charge is 0.491 e. The average molecular weight is 570 g/mol. The molecule has 1 N–H and O–H groups in total. The van der Waals surface area contributed by atoms with Gasteiger partial charge in [-0.1, -0.05) is 62.4 Å². The third kappa shape index (κ3) is 8.75. The van der Waals surface area contributed by atoms with Gasteiger partial charge in [0.2, 0.25) is 5.91 Å². The number of hydrogen-bond acceptors (Lipinski definition) is 5. The van der Waals surface area contributed by atoms with Crippen molar-refractivity contribution in [2.24, 2.45) is 11.8 Å². The molecule has 0 radical (unpaired) electrons. The highest BCUT2D eigenvalue weighted by Gasteiger charge is 2.38. The van der Waals surface area contributed by atoms with Crippen molar-refractivity contribution >= 4 is 11.6 Å². The molecule has 42 heavy (non-hydrogen) atoms. The van der Waals surface area contributed by atoms with E-state index in [4.69, 9.17) is 9.47 Å². The zero-order valence-corrected chi connectivity index (χ0v) is 25.5. The number of ether oxygens (including phenoxy) is 2. The molecule has 2 aliphatic rings. The zero-order chi connectivity index (χ0) is 29.3. The number of hydrogen-bond donors (Lipinski definition) is 1. The molecule has 1 aliphatic heterocycles. The third-order valence-electron chi connectivity index (χ3n) is 8.51. The molecule has 6 heteroatoms. The van der Waals surface area contributed by atoms with Crippen LogP contribution in [0.4, 0.5) is 5.69 Å². The Kier molecular flexibility index (Phi) is 10.4. The summed E-state index contributed by atoms with van der Waals surface area (Å²) in [7, 11) is 2.23. The molecule has 2 unspecified atom stereocenters. The van der Waals surface area contributed by atoms with E-state index in [1.54, 1.807) is 0 Å². The summed E-state index contributed by atoms with van der Waals surface area (Å²) in [5.41, 5.74) is 2.17. The highest BCUT2D eigenvalue weighted by molar-refractivity contribution is 5.82. The Balaban J connectivity index is 1.34. The normalized spacial score (nSPS) is 19.0. The number of amides is 1. The monoisotopic (exact) mass is 569 g/mol. The van der Waals surface area contributed by atoms with Crippen LogP contribution in [0, 0.1) is 11.8 Å². The van der Waals surface area contributed by atoms with E-state index < -0.39 is 0 Å². The van der Waals surface area contributed by atoms with Gasteiger partial charge in [-0.3, -0.25) is 4.79 Å². The molecule has 1 saturated carbocycles. The summed E-state index contributed by atoms with van der Waals surface area (Å²) in [6.07, 6.45) is 6.49. The summed E-state index contributed by atoms with van der Waals surface area (Å²) < 4.78 is 12.5. The van der Waals surface area contributed by atoms with Crippen LogP contribution in [-0.2, 0) is 11.2 Å². The molecule has 3 aromatic rings. The summed E-state index contributed by atoms with van der Waals surface area (Å²) in [5.74, 6) is 3.66. The van der Waals surface area contributed by atoms with Crippen LogP contribution in [0.5, 0.6) is 17.2 Å². The number of piperidine rings is 1. The second kappa shape index (κ2) is 14.6. The SMILES string of the molecule is CC(C)CCOc1cc(Oc2ccccc2)ccc1N(CCc1ccccc1)CC(=O)NC1CCN(C)C(C2CC2)C1. The molecule has 3 aromatic carbocycles. The van der Waals surface area contributed by atoms with Crippen LogP contribution in [0.15, 0.2) is 78.9 Å². The van der Waals surface area contributed by atoms with E-state index in [9.17, 15) is 4.79 Å². The predicted molar refractivity (Wildman–Crippen MR) is 171 cm³/mol. The van der Waals surface area contributed by atoms with Crippen LogP contribution in [0.2, 0.25) is 0 Å². The Morgan fingerprint density at radius 2 is 1.71 bits per heavy atom. The lowest BCUT2D eigenvalue weighted by molar-refractivity contribution is -0.120. The molecule has 0 spiro atoms. The Morgan fingerprint density at radius 3 is 2.43 bits per heavy atom. The van der Waals surface area contributed by atoms with Crippen LogP contribution in [0.3, 0.4) is 0 Å². The summed E-state index contributed by atoms with van der Waals surface area (Å²) in [5, 5.41) is 3.40. The fourth-order valence-electron chi connectivity index (χ4n) is 5.88. The van der Waals surface area contributed by atoms with Crippen molar-refractivity contribution in [1.29, 1.82) is 0 Å². The number of rotatable bonds is 14. The van der Waals surface area contributed by atoms with E-state index in [0.29, 0.717) is 25.1 Å². The number of carbonyl (C=O) groups excluding carboxylic acids is 1. The molecular formula is C36H47N3O3. The van der Waals surface area contributed by atoms with Gasteiger partial charge in [0.1, 0.15) is 17.2 Å². The fourth-order valence-corrected chi connectivity index (χ4v) is 5.88. The molecule has 1 heterocycles. The Morgan fingerprint density at radius 1 is 0.976 bits per heavy atom. The predicted octanol–water partition coefficient (Wildman–Crippen LogP) is 6.94. The number of benzene rings is 3. The van der Waals surface area contributed by atoms with Gasteiger partial charge in [0.25, 0.3) is 0 Å². The summed E-state index contributed by atoms with van der Waals surface area (Å²) in [4.78, 5) is 18.2. The lowest BCUT2D eigenvalue weighted by Gasteiger charge is -2.38. The lowest BCUT2D eigenvalue weighted by atomic mass is 9.94. The molecule has 1 saturated heterocycles. The number of anilines is 1. The van der Waals surface area contributed by atoms with Crippen molar-refractivity contribution in [3.8, 4) is 17.2 Å². The number of para-hydroxylation sites is 1. The molecule has 1 amide bonds. The molecule has 2 fully saturated rings. The van der Waals surface area contributed by atoms with E-state index >= 15 is 0 Å². The topological polar surface area (TPSA) is 54.0 Å².